The van der Waals surface area contributed by atoms with Gasteiger partial charge in [0, 0.05) is 17.9 Å². The van der Waals surface area contributed by atoms with Crippen molar-refractivity contribution in [2.45, 2.75) is 38.1 Å². The van der Waals surface area contributed by atoms with E-state index in [1.807, 2.05) is 18.2 Å². The number of carbonyl (C=O) groups is 2. The molecule has 1 atom stereocenters. The standard InChI is InChI=1S/C20H22BNO2/c1-20(2,18-12-13-19(24)22(18)21-14-23)17-10-8-16(9-11-17)15-6-4-3-5-7-15/h3-11,14,18,21H,12-13H2,1-2H3/t18-/m0/s1. The van der Waals surface area contributed by atoms with Gasteiger partial charge in [0.1, 0.15) is 6.19 Å². The van der Waals surface area contributed by atoms with Crippen molar-refractivity contribution in [1.82, 2.24) is 4.81 Å². The zero-order valence-electron chi connectivity index (χ0n) is 14.2. The van der Waals surface area contributed by atoms with Gasteiger partial charge in [-0.25, -0.2) is 0 Å². The maximum atomic E-state index is 12.1. The maximum absolute atomic E-state index is 12.1. The highest BCUT2D eigenvalue weighted by molar-refractivity contribution is 6.66. The summed E-state index contributed by atoms with van der Waals surface area (Å²) in [5.74, 6) is 0.0843. The van der Waals surface area contributed by atoms with Gasteiger partial charge in [0.25, 0.3) is 0 Å². The van der Waals surface area contributed by atoms with E-state index in [4.69, 9.17) is 0 Å². The van der Waals surface area contributed by atoms with Gasteiger partial charge in [-0.05, 0) is 23.1 Å². The Balaban J connectivity index is 1.87. The van der Waals surface area contributed by atoms with Crippen LogP contribution in [0.2, 0.25) is 0 Å². The van der Waals surface area contributed by atoms with Gasteiger partial charge >= 0.3 is 7.41 Å². The van der Waals surface area contributed by atoms with Gasteiger partial charge in [0.15, 0.2) is 0 Å². The number of rotatable bonds is 5. The van der Waals surface area contributed by atoms with E-state index < -0.39 is 0 Å². The molecular weight excluding hydrogens is 297 g/mol. The second-order valence-electron chi connectivity index (χ2n) is 6.93. The Morgan fingerprint density at radius 1 is 1.04 bits per heavy atom. The molecule has 1 amide bonds. The lowest BCUT2D eigenvalue weighted by molar-refractivity contribution is -0.125. The van der Waals surface area contributed by atoms with Gasteiger partial charge in [0.2, 0.25) is 5.91 Å². The number of carbonyl (C=O) groups excluding carboxylic acids is 2. The zero-order valence-corrected chi connectivity index (χ0v) is 14.2. The minimum Gasteiger partial charge on any atom is -0.378 e. The van der Waals surface area contributed by atoms with Gasteiger partial charge in [-0.3, -0.25) is 4.79 Å². The second-order valence-corrected chi connectivity index (χ2v) is 6.93. The van der Waals surface area contributed by atoms with E-state index in [2.05, 4.69) is 50.2 Å². The number of hydrogen-bond donors (Lipinski definition) is 0. The maximum Gasteiger partial charge on any atom is 0.313 e. The van der Waals surface area contributed by atoms with Crippen LogP contribution in [0.25, 0.3) is 11.1 Å². The van der Waals surface area contributed by atoms with Gasteiger partial charge in [0.05, 0.1) is 0 Å². The summed E-state index contributed by atoms with van der Waals surface area (Å²) in [5.41, 5.74) is 3.38. The molecule has 122 valence electrons. The molecule has 3 rings (SSSR count). The van der Waals surface area contributed by atoms with Crippen LogP contribution in [0.15, 0.2) is 54.6 Å². The van der Waals surface area contributed by atoms with Crippen molar-refractivity contribution in [3.8, 4) is 11.1 Å². The van der Waals surface area contributed by atoms with Crippen molar-refractivity contribution < 1.29 is 9.59 Å². The molecular formula is C20H22BNO2. The van der Waals surface area contributed by atoms with E-state index in [0.717, 1.165) is 12.6 Å². The van der Waals surface area contributed by atoms with E-state index >= 15 is 0 Å². The highest BCUT2D eigenvalue weighted by atomic mass is 16.2. The Hall–Kier alpha value is -2.36. The molecule has 0 aliphatic carbocycles. The smallest absolute Gasteiger partial charge is 0.313 e. The Labute approximate surface area is 143 Å². The normalized spacial score (nSPS) is 17.8. The fraction of sp³-hybridized carbons (Fsp3) is 0.300. The van der Waals surface area contributed by atoms with Crippen molar-refractivity contribution in [3.05, 3.63) is 60.2 Å². The third-order valence-electron chi connectivity index (χ3n) is 5.17. The monoisotopic (exact) mass is 319 g/mol. The summed E-state index contributed by atoms with van der Waals surface area (Å²) >= 11 is 0. The predicted molar refractivity (Wildman–Crippen MR) is 98.7 cm³/mol. The lowest BCUT2D eigenvalue weighted by Crippen LogP contribution is -2.47. The third kappa shape index (κ3) is 3.01. The summed E-state index contributed by atoms with van der Waals surface area (Å²) in [4.78, 5) is 24.7. The van der Waals surface area contributed by atoms with Crippen molar-refractivity contribution in [3.63, 3.8) is 0 Å². The van der Waals surface area contributed by atoms with E-state index in [-0.39, 0.29) is 24.8 Å². The Morgan fingerprint density at radius 2 is 1.67 bits per heavy atom. The van der Waals surface area contributed by atoms with Crippen molar-refractivity contribution in [2.75, 3.05) is 0 Å². The molecule has 1 heterocycles. The summed E-state index contributed by atoms with van der Waals surface area (Å²) in [7, 11) is 0.190. The largest absolute Gasteiger partial charge is 0.378 e. The van der Waals surface area contributed by atoms with E-state index in [1.54, 1.807) is 4.81 Å². The molecule has 1 saturated heterocycles. The molecule has 3 nitrogen and oxygen atoms in total. The van der Waals surface area contributed by atoms with Crippen LogP contribution < -0.4 is 0 Å². The Morgan fingerprint density at radius 3 is 2.29 bits per heavy atom. The van der Waals surface area contributed by atoms with Crippen LogP contribution in [0, 0.1) is 0 Å². The van der Waals surface area contributed by atoms with E-state index in [9.17, 15) is 9.59 Å². The summed E-state index contributed by atoms with van der Waals surface area (Å²) in [5, 5.41) is 0. The van der Waals surface area contributed by atoms with Crippen LogP contribution in [0.1, 0.15) is 32.3 Å². The first-order valence-corrected chi connectivity index (χ1v) is 8.43. The molecule has 0 unspecified atom stereocenters. The average molecular weight is 319 g/mol. The molecule has 0 N–H and O–H groups in total. The third-order valence-corrected chi connectivity index (χ3v) is 5.17. The fourth-order valence-electron chi connectivity index (χ4n) is 3.71. The summed E-state index contributed by atoms with van der Waals surface area (Å²) in [6.07, 6.45) is 2.16. The molecule has 1 aliphatic rings. The summed E-state index contributed by atoms with van der Waals surface area (Å²) in [6, 6.07) is 18.9. The van der Waals surface area contributed by atoms with Crippen molar-refractivity contribution in [1.29, 1.82) is 0 Å². The first kappa shape index (κ1) is 16.5. The van der Waals surface area contributed by atoms with Gasteiger partial charge in [-0.15, -0.1) is 0 Å². The Kier molecular flexibility index (Phi) is 4.56. The topological polar surface area (TPSA) is 37.4 Å². The number of nitrogens with zero attached hydrogens (tertiary/aromatic N) is 1. The lowest BCUT2D eigenvalue weighted by Gasteiger charge is -2.38. The van der Waals surface area contributed by atoms with Crippen LogP contribution >= 0.6 is 0 Å². The van der Waals surface area contributed by atoms with Crippen molar-refractivity contribution >= 4 is 19.5 Å². The summed E-state index contributed by atoms with van der Waals surface area (Å²) in [6.45, 7) is 4.32. The molecule has 1 fully saturated rings. The fourth-order valence-corrected chi connectivity index (χ4v) is 3.71. The highest BCUT2D eigenvalue weighted by Crippen LogP contribution is 2.37. The van der Waals surface area contributed by atoms with Gasteiger partial charge < -0.3 is 9.61 Å². The molecule has 1 aliphatic heterocycles. The number of hydrogen-bond acceptors (Lipinski definition) is 2. The molecule has 24 heavy (non-hydrogen) atoms. The van der Waals surface area contributed by atoms with Crippen LogP contribution in [0.5, 0.6) is 0 Å². The molecule has 0 aromatic heterocycles. The molecule has 0 radical (unpaired) electrons. The molecule has 0 spiro atoms. The SMILES string of the molecule is CC(C)(c1ccc(-c2ccccc2)cc1)[C@@H]1CCC(=O)N1BC=O. The summed E-state index contributed by atoms with van der Waals surface area (Å²) < 4.78 is 0. The Bertz CT molecular complexity index is 725. The molecule has 2 aromatic carbocycles. The average Bonchev–Trinajstić information content (AvgIpc) is 2.98. The first-order valence-electron chi connectivity index (χ1n) is 8.43. The predicted octanol–water partition coefficient (Wildman–Crippen LogP) is 3.16. The first-order chi connectivity index (χ1) is 11.5. The zero-order chi connectivity index (χ0) is 17.2. The lowest BCUT2D eigenvalue weighted by atomic mass is 9.74. The molecule has 4 heteroatoms. The minimum atomic E-state index is -0.190. The number of amides is 1. The minimum absolute atomic E-state index is 0.0674. The molecule has 0 bridgehead atoms. The van der Waals surface area contributed by atoms with Crippen LogP contribution in [0.4, 0.5) is 0 Å². The molecule has 2 aromatic rings. The van der Waals surface area contributed by atoms with Crippen LogP contribution in [-0.2, 0) is 15.0 Å². The van der Waals surface area contributed by atoms with E-state index in [0.29, 0.717) is 6.42 Å². The van der Waals surface area contributed by atoms with Crippen LogP contribution in [0.3, 0.4) is 0 Å². The van der Waals surface area contributed by atoms with Crippen molar-refractivity contribution in [2.24, 2.45) is 0 Å². The molecule has 0 saturated carbocycles. The highest BCUT2D eigenvalue weighted by Gasteiger charge is 2.41. The van der Waals surface area contributed by atoms with Gasteiger partial charge in [-0.1, -0.05) is 68.4 Å². The van der Waals surface area contributed by atoms with Crippen LogP contribution in [-0.4, -0.2) is 30.4 Å². The number of benzene rings is 2. The second kappa shape index (κ2) is 6.64. The quantitative estimate of drug-likeness (QED) is 0.627. The van der Waals surface area contributed by atoms with Gasteiger partial charge in [-0.2, -0.15) is 0 Å². The van der Waals surface area contributed by atoms with E-state index in [1.165, 1.54) is 16.7 Å².